The molecule has 0 aromatic rings. The van der Waals surface area contributed by atoms with Gasteiger partial charge in [0.1, 0.15) is 0 Å². The molecule has 0 aliphatic rings. The normalized spacial score (nSPS) is 16.7. The van der Waals surface area contributed by atoms with Crippen molar-refractivity contribution in [1.82, 2.24) is 0 Å². The van der Waals surface area contributed by atoms with E-state index in [9.17, 15) is 154 Å². The van der Waals surface area contributed by atoms with Gasteiger partial charge in [0.2, 0.25) is 0 Å². The molecular weight excluding hydrogens is 965 g/mol. The van der Waals surface area contributed by atoms with E-state index in [1.165, 1.54) is 0 Å². The van der Waals surface area contributed by atoms with Gasteiger partial charge in [-0.15, -0.1) is 0 Å². The first kappa shape index (κ1) is 55.8. The minimum Gasteiger partial charge on any atom is -0.310 e. The molecule has 0 saturated heterocycles. The van der Waals surface area contributed by atoms with Crippen molar-refractivity contribution in [3.05, 3.63) is 0 Å². The molecule has 0 amide bonds. The molecular formula is C20H9F34O3P. The quantitative estimate of drug-likeness (QED) is 0.0901. The molecule has 0 aliphatic carbocycles. The monoisotopic (exact) mass is 974 g/mol. The summed E-state index contributed by atoms with van der Waals surface area (Å²) in [6.07, 6.45) is -23.3. The lowest BCUT2D eigenvalue weighted by Gasteiger charge is -2.42. The molecule has 0 spiro atoms. The van der Waals surface area contributed by atoms with E-state index in [0.29, 0.717) is 0 Å². The van der Waals surface area contributed by atoms with Crippen LogP contribution in [0.5, 0.6) is 0 Å². The van der Waals surface area contributed by atoms with Crippen LogP contribution < -0.4 is 0 Å². The van der Waals surface area contributed by atoms with E-state index >= 15 is 0 Å². The van der Waals surface area contributed by atoms with Crippen molar-refractivity contribution in [3.63, 3.8) is 0 Å². The highest BCUT2D eigenvalue weighted by Crippen LogP contribution is 2.66. The molecule has 350 valence electrons. The highest BCUT2D eigenvalue weighted by Gasteiger charge is 2.96. The van der Waals surface area contributed by atoms with Crippen LogP contribution in [0.1, 0.15) is 12.8 Å². The second-order valence-corrected chi connectivity index (χ2v) is 11.8. The average molecular weight is 974 g/mol. The van der Waals surface area contributed by atoms with Crippen LogP contribution in [0.2, 0.25) is 0 Å². The van der Waals surface area contributed by atoms with Crippen molar-refractivity contribution in [1.29, 1.82) is 0 Å². The van der Waals surface area contributed by atoms with Gasteiger partial charge in [0.05, 0.1) is 13.2 Å². The van der Waals surface area contributed by atoms with E-state index in [4.69, 9.17) is 0 Å². The summed E-state index contributed by atoms with van der Waals surface area (Å²) in [6, 6.07) is 0. The number of hydrogen-bond donors (Lipinski definition) is 0. The summed E-state index contributed by atoms with van der Waals surface area (Å²) in [5.74, 6) is -120. The topological polar surface area (TPSA) is 35.5 Å². The highest BCUT2D eigenvalue weighted by molar-refractivity contribution is 7.33. The van der Waals surface area contributed by atoms with Gasteiger partial charge >= 0.3 is 104 Å². The van der Waals surface area contributed by atoms with Gasteiger partial charge in [-0.3, -0.25) is 4.57 Å². The average Bonchev–Trinajstić information content (AvgIpc) is 2.98. The molecule has 0 unspecified atom stereocenters. The predicted molar refractivity (Wildman–Crippen MR) is 112 cm³/mol. The van der Waals surface area contributed by atoms with Crippen LogP contribution in [-0.2, 0) is 13.6 Å². The van der Waals surface area contributed by atoms with E-state index in [1.54, 1.807) is 0 Å². The van der Waals surface area contributed by atoms with E-state index < -0.39 is 130 Å². The molecule has 0 bridgehead atoms. The fourth-order valence-corrected chi connectivity index (χ4v) is 3.89. The Hall–Kier alpha value is -2.23. The summed E-state index contributed by atoms with van der Waals surface area (Å²) >= 11 is 0. The molecule has 0 aliphatic heterocycles. The number of halogens is 34. The molecule has 0 N–H and O–H groups in total. The van der Waals surface area contributed by atoms with Crippen LogP contribution in [0.4, 0.5) is 149 Å². The summed E-state index contributed by atoms with van der Waals surface area (Å²) in [4.78, 5) is 0. The zero-order chi connectivity index (χ0) is 47.8. The van der Waals surface area contributed by atoms with E-state index in [0.717, 1.165) is 0 Å². The van der Waals surface area contributed by atoms with Crippen LogP contribution in [0.25, 0.3) is 0 Å². The van der Waals surface area contributed by atoms with Crippen molar-refractivity contribution < 1.29 is 163 Å². The minimum absolute atomic E-state index is 2.84. The summed E-state index contributed by atoms with van der Waals surface area (Å²) in [5.41, 5.74) is 0. The third-order valence-electron chi connectivity index (χ3n) is 6.85. The first-order chi connectivity index (χ1) is 24.6. The Kier molecular flexibility index (Phi) is 14.4. The summed E-state index contributed by atoms with van der Waals surface area (Å²) in [7, 11) is -5.29. The Morgan fingerprint density at radius 3 is 0.586 bits per heavy atom. The fourth-order valence-electron chi connectivity index (χ4n) is 3.27. The summed E-state index contributed by atoms with van der Waals surface area (Å²) < 4.78 is 467. The standard InChI is InChI=1S/C20H9F34O3P/c21-5(22,7(25,26)9(29,30)11(33,34)13(37,38)15(41,42)17(45,46)19(49,50)51)1-3-56-58(55)57-4-2-6(23,24)8(27,28)10(31,32)12(35,36)14(39,40)16(43,44)18(47,48)20(52,53)54/h58H,1-4H2. The van der Waals surface area contributed by atoms with Gasteiger partial charge in [0, 0.05) is 12.8 Å². The Balaban J connectivity index is 6.12. The SMILES string of the molecule is O=[PH](OCCC(F)(F)C(F)(F)C(F)(F)C(F)(F)C(F)(F)C(F)(F)C(F)(F)C(F)(F)F)OCCC(F)(F)C(F)(F)C(F)(F)C(F)(F)C(F)(F)C(F)(F)C(F)(F)C(F)(F)F. The van der Waals surface area contributed by atoms with E-state index in [1.807, 2.05) is 0 Å². The Morgan fingerprint density at radius 2 is 0.414 bits per heavy atom. The van der Waals surface area contributed by atoms with Gasteiger partial charge in [0.25, 0.3) is 0 Å². The Morgan fingerprint density at radius 1 is 0.259 bits per heavy atom. The molecule has 0 aromatic carbocycles. The molecule has 0 rings (SSSR count). The van der Waals surface area contributed by atoms with Crippen molar-refractivity contribution in [2.75, 3.05) is 13.2 Å². The van der Waals surface area contributed by atoms with Crippen molar-refractivity contribution >= 4 is 8.25 Å². The molecule has 0 atom stereocenters. The lowest BCUT2D eigenvalue weighted by Crippen LogP contribution is -2.74. The minimum atomic E-state index is -9.05. The number of hydrogen-bond acceptors (Lipinski definition) is 3. The molecule has 0 fully saturated rings. The van der Waals surface area contributed by atoms with Crippen molar-refractivity contribution in [2.45, 2.75) is 108 Å². The van der Waals surface area contributed by atoms with Crippen LogP contribution in [0.3, 0.4) is 0 Å². The maximum absolute atomic E-state index is 13.8. The molecule has 3 nitrogen and oxygen atoms in total. The first-order valence-electron chi connectivity index (χ1n) is 12.8. The second kappa shape index (κ2) is 15.0. The summed E-state index contributed by atoms with van der Waals surface area (Å²) in [6.45, 7) is -5.69. The van der Waals surface area contributed by atoms with Gasteiger partial charge < -0.3 is 9.05 Å². The van der Waals surface area contributed by atoms with Crippen LogP contribution >= 0.6 is 8.25 Å². The Labute approximate surface area is 293 Å². The number of rotatable bonds is 20. The van der Waals surface area contributed by atoms with Gasteiger partial charge in [-0.2, -0.15) is 149 Å². The van der Waals surface area contributed by atoms with Gasteiger partial charge in [0.15, 0.2) is 0 Å². The summed E-state index contributed by atoms with van der Waals surface area (Å²) in [5, 5.41) is 0. The Bertz CT molecular complexity index is 1350. The molecule has 58 heavy (non-hydrogen) atoms. The van der Waals surface area contributed by atoms with Crippen LogP contribution in [-0.4, -0.2) is 108 Å². The third kappa shape index (κ3) is 7.89. The van der Waals surface area contributed by atoms with Gasteiger partial charge in [-0.25, -0.2) is 0 Å². The van der Waals surface area contributed by atoms with Gasteiger partial charge in [-0.05, 0) is 0 Å². The third-order valence-corrected chi connectivity index (χ3v) is 7.73. The maximum Gasteiger partial charge on any atom is 0.460 e. The number of alkyl halides is 34. The lowest BCUT2D eigenvalue weighted by molar-refractivity contribution is -0.461. The van der Waals surface area contributed by atoms with Gasteiger partial charge in [-0.1, -0.05) is 0 Å². The molecule has 0 aromatic heterocycles. The van der Waals surface area contributed by atoms with Crippen molar-refractivity contribution in [3.8, 4) is 0 Å². The highest BCUT2D eigenvalue weighted by atomic mass is 31.1. The molecule has 38 heteroatoms. The maximum atomic E-state index is 13.8. The second-order valence-electron chi connectivity index (χ2n) is 10.7. The first-order valence-corrected chi connectivity index (χ1v) is 14.0. The predicted octanol–water partition coefficient (Wildman–Crippen LogP) is 12.2. The van der Waals surface area contributed by atoms with Crippen LogP contribution in [0.15, 0.2) is 0 Å². The van der Waals surface area contributed by atoms with Crippen molar-refractivity contribution in [2.24, 2.45) is 0 Å². The smallest absolute Gasteiger partial charge is 0.310 e. The molecule has 0 radical (unpaired) electrons. The van der Waals surface area contributed by atoms with E-state index in [2.05, 4.69) is 9.05 Å². The zero-order valence-corrected chi connectivity index (χ0v) is 26.4. The molecule has 0 heterocycles. The van der Waals surface area contributed by atoms with E-state index in [-0.39, 0.29) is 0 Å². The molecule has 0 saturated carbocycles. The lowest BCUT2D eigenvalue weighted by atomic mass is 9.88. The van der Waals surface area contributed by atoms with Crippen LogP contribution in [0, 0.1) is 0 Å². The zero-order valence-electron chi connectivity index (χ0n) is 25.4. The fraction of sp³-hybridized carbons (Fsp3) is 1.00. The largest absolute Gasteiger partial charge is 0.460 e.